The summed E-state index contributed by atoms with van der Waals surface area (Å²) in [6.07, 6.45) is 1.38. The number of piperidine rings is 1. The molecule has 132 valence electrons. The van der Waals surface area contributed by atoms with Gasteiger partial charge in [0.1, 0.15) is 11.5 Å². The molecule has 0 saturated carbocycles. The van der Waals surface area contributed by atoms with Crippen LogP contribution in [0.2, 0.25) is 0 Å². The van der Waals surface area contributed by atoms with Crippen molar-refractivity contribution < 1.29 is 19.1 Å². The van der Waals surface area contributed by atoms with Crippen LogP contribution in [0.25, 0.3) is 0 Å². The van der Waals surface area contributed by atoms with Gasteiger partial charge in [-0.2, -0.15) is 0 Å². The van der Waals surface area contributed by atoms with E-state index in [1.165, 1.54) is 0 Å². The average molecular weight is 335 g/mol. The molecule has 7 heteroatoms. The maximum Gasteiger partial charge on any atom is 0.241 e. The minimum Gasteiger partial charge on any atom is -0.497 e. The largest absolute Gasteiger partial charge is 0.497 e. The smallest absolute Gasteiger partial charge is 0.241 e. The van der Waals surface area contributed by atoms with Crippen molar-refractivity contribution in [3.63, 3.8) is 0 Å². The number of likely N-dealkylation sites (tertiary alicyclic amines) is 1. The zero-order valence-electron chi connectivity index (χ0n) is 14.4. The molecule has 0 radical (unpaired) electrons. The molecular formula is C17H25N3O4. The molecule has 1 aliphatic rings. The number of nitrogens with one attached hydrogen (secondary N) is 1. The second-order valence-electron chi connectivity index (χ2n) is 5.94. The van der Waals surface area contributed by atoms with Crippen molar-refractivity contribution in [2.45, 2.75) is 25.8 Å². The van der Waals surface area contributed by atoms with Gasteiger partial charge in [0.2, 0.25) is 11.8 Å². The molecule has 1 fully saturated rings. The van der Waals surface area contributed by atoms with Crippen LogP contribution < -0.4 is 20.5 Å². The number of nitrogens with zero attached hydrogens (tertiary/aromatic N) is 1. The highest BCUT2D eigenvalue weighted by atomic mass is 16.5. The normalized spacial score (nSPS) is 17.1. The van der Waals surface area contributed by atoms with Crippen molar-refractivity contribution >= 4 is 17.5 Å². The lowest BCUT2D eigenvalue weighted by molar-refractivity contribution is -0.124. The van der Waals surface area contributed by atoms with Crippen molar-refractivity contribution in [3.8, 4) is 11.5 Å². The topological polar surface area (TPSA) is 93.9 Å². The van der Waals surface area contributed by atoms with Gasteiger partial charge < -0.3 is 20.5 Å². The summed E-state index contributed by atoms with van der Waals surface area (Å²) in [7, 11) is 3.12. The maximum atomic E-state index is 12.6. The van der Waals surface area contributed by atoms with Gasteiger partial charge in [-0.25, -0.2) is 0 Å². The zero-order valence-corrected chi connectivity index (χ0v) is 14.4. The average Bonchev–Trinajstić information content (AvgIpc) is 2.60. The first-order valence-corrected chi connectivity index (χ1v) is 8.02. The van der Waals surface area contributed by atoms with Gasteiger partial charge in [0.15, 0.2) is 0 Å². The summed E-state index contributed by atoms with van der Waals surface area (Å²) in [5.41, 5.74) is 5.92. The van der Waals surface area contributed by atoms with Crippen LogP contribution in [0.1, 0.15) is 19.8 Å². The number of amides is 2. The Morgan fingerprint density at radius 2 is 1.92 bits per heavy atom. The Labute approximate surface area is 142 Å². The van der Waals surface area contributed by atoms with Crippen LogP contribution in [0.4, 0.5) is 5.69 Å². The Kier molecular flexibility index (Phi) is 6.03. The molecular weight excluding hydrogens is 310 g/mol. The van der Waals surface area contributed by atoms with E-state index in [1.807, 2.05) is 6.92 Å². The highest BCUT2D eigenvalue weighted by Gasteiger charge is 2.29. The summed E-state index contributed by atoms with van der Waals surface area (Å²) < 4.78 is 10.5. The number of benzene rings is 1. The van der Waals surface area contributed by atoms with E-state index in [0.717, 1.165) is 0 Å². The third-order valence-electron chi connectivity index (χ3n) is 4.52. The number of primary amides is 1. The van der Waals surface area contributed by atoms with Crippen LogP contribution in [0.15, 0.2) is 18.2 Å². The number of ether oxygens (including phenoxy) is 2. The zero-order chi connectivity index (χ0) is 17.7. The van der Waals surface area contributed by atoms with Gasteiger partial charge in [-0.3, -0.25) is 14.5 Å². The van der Waals surface area contributed by atoms with E-state index < -0.39 is 0 Å². The lowest BCUT2D eigenvalue weighted by atomic mass is 9.95. The number of carbonyl (C=O) groups is 2. The van der Waals surface area contributed by atoms with Gasteiger partial charge in [0.05, 0.1) is 25.9 Å². The first-order valence-electron chi connectivity index (χ1n) is 8.02. The molecule has 1 aromatic rings. The Hall–Kier alpha value is -2.28. The van der Waals surface area contributed by atoms with Gasteiger partial charge in [0.25, 0.3) is 0 Å². The number of carbonyl (C=O) groups excluding carboxylic acids is 2. The standard InChI is InChI=1S/C17H25N3O4/c1-11(20-8-6-12(7-9-20)16(18)21)17(22)19-14-10-13(23-2)4-5-15(14)24-3/h4-5,10-12H,6-9H2,1-3H3,(H2,18,21)(H,19,22)/t11-/m0/s1. The van der Waals surface area contributed by atoms with Gasteiger partial charge >= 0.3 is 0 Å². The first kappa shape index (κ1) is 18.1. The maximum absolute atomic E-state index is 12.6. The van der Waals surface area contributed by atoms with Gasteiger partial charge in [-0.1, -0.05) is 0 Å². The van der Waals surface area contributed by atoms with Crippen LogP contribution >= 0.6 is 0 Å². The fourth-order valence-corrected chi connectivity index (χ4v) is 2.89. The Balaban J connectivity index is 2.01. The number of anilines is 1. The lowest BCUT2D eigenvalue weighted by Gasteiger charge is -2.34. The Bertz CT molecular complexity index is 597. The summed E-state index contributed by atoms with van der Waals surface area (Å²) in [6.45, 7) is 3.21. The molecule has 0 unspecified atom stereocenters. The van der Waals surface area contributed by atoms with Gasteiger partial charge in [-0.15, -0.1) is 0 Å². The molecule has 1 aliphatic heterocycles. The van der Waals surface area contributed by atoms with E-state index in [9.17, 15) is 9.59 Å². The number of rotatable bonds is 6. The minimum absolute atomic E-state index is 0.0880. The van der Waals surface area contributed by atoms with E-state index in [4.69, 9.17) is 15.2 Å². The van der Waals surface area contributed by atoms with Crippen molar-refractivity contribution in [1.29, 1.82) is 0 Å². The highest BCUT2D eigenvalue weighted by Crippen LogP contribution is 2.29. The fraction of sp³-hybridized carbons (Fsp3) is 0.529. The molecule has 2 amide bonds. The molecule has 1 atom stereocenters. The van der Waals surface area contributed by atoms with Crippen LogP contribution in [0, 0.1) is 5.92 Å². The third kappa shape index (κ3) is 4.17. The van der Waals surface area contributed by atoms with Crippen LogP contribution in [0.5, 0.6) is 11.5 Å². The van der Waals surface area contributed by atoms with Crippen LogP contribution in [0.3, 0.4) is 0 Å². The number of hydrogen-bond donors (Lipinski definition) is 2. The van der Waals surface area contributed by atoms with Crippen LogP contribution in [-0.2, 0) is 9.59 Å². The summed E-state index contributed by atoms with van der Waals surface area (Å²) in [6, 6.07) is 4.93. The van der Waals surface area contributed by atoms with Crippen molar-refractivity contribution in [2.75, 3.05) is 32.6 Å². The predicted molar refractivity (Wildman–Crippen MR) is 91.1 cm³/mol. The van der Waals surface area contributed by atoms with Gasteiger partial charge in [0, 0.05) is 12.0 Å². The fourth-order valence-electron chi connectivity index (χ4n) is 2.89. The molecule has 1 heterocycles. The summed E-state index contributed by atoms with van der Waals surface area (Å²) in [4.78, 5) is 25.8. The van der Waals surface area contributed by atoms with E-state index >= 15 is 0 Å². The second kappa shape index (κ2) is 8.01. The van der Waals surface area contributed by atoms with Crippen molar-refractivity contribution in [2.24, 2.45) is 11.7 Å². The Morgan fingerprint density at radius 1 is 1.25 bits per heavy atom. The molecule has 0 spiro atoms. The summed E-state index contributed by atoms with van der Waals surface area (Å²) in [5.74, 6) is 0.742. The number of methoxy groups -OCH3 is 2. The van der Waals surface area contributed by atoms with E-state index in [0.29, 0.717) is 43.1 Å². The van der Waals surface area contributed by atoms with Gasteiger partial charge in [-0.05, 0) is 45.0 Å². The highest BCUT2D eigenvalue weighted by molar-refractivity contribution is 5.96. The van der Waals surface area contributed by atoms with Crippen LogP contribution in [-0.4, -0.2) is 50.1 Å². The molecule has 0 bridgehead atoms. The third-order valence-corrected chi connectivity index (χ3v) is 4.52. The number of nitrogens with two attached hydrogens (primary N) is 1. The van der Waals surface area contributed by atoms with E-state index in [-0.39, 0.29) is 23.8 Å². The second-order valence-corrected chi connectivity index (χ2v) is 5.94. The summed E-state index contributed by atoms with van der Waals surface area (Å²) in [5, 5.41) is 2.89. The monoisotopic (exact) mass is 335 g/mol. The summed E-state index contributed by atoms with van der Waals surface area (Å²) >= 11 is 0. The molecule has 24 heavy (non-hydrogen) atoms. The molecule has 1 saturated heterocycles. The van der Waals surface area contributed by atoms with E-state index in [2.05, 4.69) is 10.2 Å². The molecule has 0 aromatic heterocycles. The lowest BCUT2D eigenvalue weighted by Crippen LogP contribution is -2.47. The Morgan fingerprint density at radius 3 is 2.46 bits per heavy atom. The van der Waals surface area contributed by atoms with Crippen molar-refractivity contribution in [1.82, 2.24) is 4.90 Å². The first-order chi connectivity index (χ1) is 11.5. The molecule has 7 nitrogen and oxygen atoms in total. The van der Waals surface area contributed by atoms with Crippen molar-refractivity contribution in [3.05, 3.63) is 18.2 Å². The number of hydrogen-bond acceptors (Lipinski definition) is 5. The molecule has 1 aromatic carbocycles. The minimum atomic E-state index is -0.310. The van der Waals surface area contributed by atoms with E-state index in [1.54, 1.807) is 32.4 Å². The predicted octanol–water partition coefficient (Wildman–Crippen LogP) is 1.23. The molecule has 3 N–H and O–H groups in total. The quantitative estimate of drug-likeness (QED) is 0.815. The molecule has 0 aliphatic carbocycles. The SMILES string of the molecule is COc1ccc(OC)c(NC(=O)[C@H](C)N2CCC(C(N)=O)CC2)c1. The molecule has 2 rings (SSSR count).